The van der Waals surface area contributed by atoms with E-state index in [-0.39, 0.29) is 12.6 Å². The molecule has 1 aromatic carbocycles. The molecule has 1 heterocycles. The van der Waals surface area contributed by atoms with Gasteiger partial charge in [0.1, 0.15) is 0 Å². The van der Waals surface area contributed by atoms with Gasteiger partial charge < -0.3 is 15.3 Å². The Morgan fingerprint density at radius 1 is 1.38 bits per heavy atom. The predicted octanol–water partition coefficient (Wildman–Crippen LogP) is 2.95. The monoisotopic (exact) mass is 290 g/mol. The molecule has 1 fully saturated rings. The molecule has 1 aliphatic rings. The Bertz CT molecular complexity index is 459. The summed E-state index contributed by atoms with van der Waals surface area (Å²) in [4.78, 5) is 2.38. The van der Waals surface area contributed by atoms with E-state index < -0.39 is 0 Å². The summed E-state index contributed by atoms with van der Waals surface area (Å²) >= 11 is 0. The minimum atomic E-state index is 0.248. The number of aliphatic hydroxyl groups excluding tert-OH is 1. The molecular weight excluding hydrogens is 260 g/mol. The van der Waals surface area contributed by atoms with E-state index in [1.54, 1.807) is 0 Å². The summed E-state index contributed by atoms with van der Waals surface area (Å²) in [7, 11) is 0. The van der Waals surface area contributed by atoms with Crippen molar-refractivity contribution in [2.24, 2.45) is 11.8 Å². The van der Waals surface area contributed by atoms with Crippen molar-refractivity contribution in [2.45, 2.75) is 46.7 Å². The molecule has 0 radical (unpaired) electrons. The number of aryl methyl sites for hydroxylation is 1. The quantitative estimate of drug-likeness (QED) is 0.845. The van der Waals surface area contributed by atoms with Gasteiger partial charge in [-0.05, 0) is 48.9 Å². The third kappa shape index (κ3) is 3.98. The van der Waals surface area contributed by atoms with Crippen LogP contribution in [0.3, 0.4) is 0 Å². The Balaban J connectivity index is 2.05. The summed E-state index contributed by atoms with van der Waals surface area (Å²) in [6, 6.07) is 6.99. The fourth-order valence-electron chi connectivity index (χ4n) is 3.24. The maximum absolute atomic E-state index is 9.63. The number of nitrogens with zero attached hydrogens (tertiary/aromatic N) is 1. The van der Waals surface area contributed by atoms with Gasteiger partial charge in [-0.15, -0.1) is 0 Å². The largest absolute Gasteiger partial charge is 0.394 e. The van der Waals surface area contributed by atoms with Gasteiger partial charge in [0, 0.05) is 18.8 Å². The molecule has 1 aliphatic heterocycles. The van der Waals surface area contributed by atoms with Crippen LogP contribution in [-0.4, -0.2) is 30.8 Å². The summed E-state index contributed by atoms with van der Waals surface area (Å²) in [6.45, 7) is 12.2. The van der Waals surface area contributed by atoms with Gasteiger partial charge in [-0.25, -0.2) is 0 Å². The van der Waals surface area contributed by atoms with Crippen molar-refractivity contribution in [1.82, 2.24) is 5.32 Å². The van der Waals surface area contributed by atoms with Crippen LogP contribution in [0, 0.1) is 18.8 Å². The van der Waals surface area contributed by atoms with Gasteiger partial charge in [0.2, 0.25) is 0 Å². The van der Waals surface area contributed by atoms with Gasteiger partial charge >= 0.3 is 0 Å². The first kappa shape index (κ1) is 16.3. The predicted molar refractivity (Wildman–Crippen MR) is 89.7 cm³/mol. The van der Waals surface area contributed by atoms with Crippen LogP contribution < -0.4 is 10.2 Å². The lowest BCUT2D eigenvalue weighted by Crippen LogP contribution is -2.35. The molecule has 0 aliphatic carbocycles. The van der Waals surface area contributed by atoms with Crippen molar-refractivity contribution in [3.8, 4) is 0 Å². The molecule has 2 unspecified atom stereocenters. The maximum atomic E-state index is 9.63. The Morgan fingerprint density at radius 3 is 2.76 bits per heavy atom. The van der Waals surface area contributed by atoms with Gasteiger partial charge in [-0.1, -0.05) is 32.9 Å². The highest BCUT2D eigenvalue weighted by Crippen LogP contribution is 2.32. The number of rotatable bonds is 6. The number of hydrogen-bond acceptors (Lipinski definition) is 3. The average Bonchev–Trinajstić information content (AvgIpc) is 2.79. The standard InChI is InChI=1S/C18H30N2O/c1-13(2)10-19-11-16-5-6-17(15(4)9-16)20-8-7-14(3)18(20)12-21/h5-6,9,13-14,18-19,21H,7-8,10-12H2,1-4H3. The van der Waals surface area contributed by atoms with Crippen LogP contribution in [0.1, 0.15) is 38.3 Å². The SMILES string of the molecule is Cc1cc(CNCC(C)C)ccc1N1CCC(C)C1CO. The maximum Gasteiger partial charge on any atom is 0.0637 e. The third-order valence-electron chi connectivity index (χ3n) is 4.52. The first-order chi connectivity index (χ1) is 10.0. The molecule has 2 N–H and O–H groups in total. The normalized spacial score (nSPS) is 22.3. The van der Waals surface area contributed by atoms with Crippen LogP contribution in [-0.2, 0) is 6.54 Å². The molecule has 1 aromatic rings. The van der Waals surface area contributed by atoms with Crippen LogP contribution >= 0.6 is 0 Å². The van der Waals surface area contributed by atoms with Crippen molar-refractivity contribution < 1.29 is 5.11 Å². The second-order valence-corrected chi connectivity index (χ2v) is 6.85. The first-order valence-electron chi connectivity index (χ1n) is 8.20. The highest BCUT2D eigenvalue weighted by molar-refractivity contribution is 5.56. The second kappa shape index (κ2) is 7.28. The summed E-state index contributed by atoms with van der Waals surface area (Å²) < 4.78 is 0. The first-order valence-corrected chi connectivity index (χ1v) is 8.20. The van der Waals surface area contributed by atoms with E-state index in [1.807, 2.05) is 0 Å². The highest BCUT2D eigenvalue weighted by Gasteiger charge is 2.31. The van der Waals surface area contributed by atoms with Crippen molar-refractivity contribution in [3.05, 3.63) is 29.3 Å². The van der Waals surface area contributed by atoms with Crippen LogP contribution in [0.5, 0.6) is 0 Å². The molecule has 0 aromatic heterocycles. The lowest BCUT2D eigenvalue weighted by Gasteiger charge is -2.29. The van der Waals surface area contributed by atoms with Crippen LogP contribution in [0.15, 0.2) is 18.2 Å². The summed E-state index contributed by atoms with van der Waals surface area (Å²) in [5.74, 6) is 1.25. The van der Waals surface area contributed by atoms with Crippen molar-refractivity contribution in [3.63, 3.8) is 0 Å². The Hall–Kier alpha value is -1.06. The molecule has 118 valence electrons. The molecule has 0 saturated carbocycles. The van der Waals surface area contributed by atoms with E-state index in [2.05, 4.69) is 56.1 Å². The lowest BCUT2D eigenvalue weighted by atomic mass is 10.0. The number of nitrogens with one attached hydrogen (secondary N) is 1. The van der Waals surface area contributed by atoms with Gasteiger partial charge in [0.15, 0.2) is 0 Å². The van der Waals surface area contributed by atoms with Crippen molar-refractivity contribution >= 4 is 5.69 Å². The lowest BCUT2D eigenvalue weighted by molar-refractivity contribution is 0.244. The zero-order chi connectivity index (χ0) is 15.4. The van der Waals surface area contributed by atoms with E-state index in [0.29, 0.717) is 11.8 Å². The molecule has 0 amide bonds. The smallest absolute Gasteiger partial charge is 0.0637 e. The minimum absolute atomic E-state index is 0.248. The van der Waals surface area contributed by atoms with Crippen molar-refractivity contribution in [2.75, 3.05) is 24.6 Å². The van der Waals surface area contributed by atoms with E-state index in [0.717, 1.165) is 19.6 Å². The average molecular weight is 290 g/mol. The number of hydrogen-bond donors (Lipinski definition) is 2. The number of aliphatic hydroxyl groups is 1. The second-order valence-electron chi connectivity index (χ2n) is 6.85. The zero-order valence-electron chi connectivity index (χ0n) is 13.9. The summed E-state index contributed by atoms with van der Waals surface area (Å²) in [5.41, 5.74) is 3.93. The van der Waals surface area contributed by atoms with E-state index in [4.69, 9.17) is 0 Å². The Kier molecular flexibility index (Phi) is 5.65. The highest BCUT2D eigenvalue weighted by atomic mass is 16.3. The van der Waals surface area contributed by atoms with Gasteiger partial charge in [0.05, 0.1) is 12.6 Å². The van der Waals surface area contributed by atoms with Crippen LogP contribution in [0.25, 0.3) is 0 Å². The third-order valence-corrected chi connectivity index (χ3v) is 4.52. The zero-order valence-corrected chi connectivity index (χ0v) is 13.9. The molecule has 2 rings (SSSR count). The van der Waals surface area contributed by atoms with Gasteiger partial charge in [0.25, 0.3) is 0 Å². The molecule has 2 atom stereocenters. The fraction of sp³-hybridized carbons (Fsp3) is 0.667. The molecule has 3 heteroatoms. The van der Waals surface area contributed by atoms with Crippen LogP contribution in [0.4, 0.5) is 5.69 Å². The number of anilines is 1. The van der Waals surface area contributed by atoms with E-state index in [1.165, 1.54) is 23.2 Å². The molecule has 0 bridgehead atoms. The molecular formula is C18H30N2O. The Morgan fingerprint density at radius 2 is 2.14 bits per heavy atom. The summed E-state index contributed by atoms with van der Waals surface area (Å²) in [5, 5.41) is 13.1. The van der Waals surface area contributed by atoms with Crippen molar-refractivity contribution in [1.29, 1.82) is 0 Å². The van der Waals surface area contributed by atoms with E-state index in [9.17, 15) is 5.11 Å². The molecule has 3 nitrogen and oxygen atoms in total. The molecule has 1 saturated heterocycles. The topological polar surface area (TPSA) is 35.5 Å². The number of benzene rings is 1. The molecule has 0 spiro atoms. The van der Waals surface area contributed by atoms with E-state index >= 15 is 0 Å². The minimum Gasteiger partial charge on any atom is -0.394 e. The molecule has 21 heavy (non-hydrogen) atoms. The van der Waals surface area contributed by atoms with Gasteiger partial charge in [-0.3, -0.25) is 0 Å². The van der Waals surface area contributed by atoms with Crippen LogP contribution in [0.2, 0.25) is 0 Å². The Labute approximate surface area is 129 Å². The summed E-state index contributed by atoms with van der Waals surface area (Å²) in [6.07, 6.45) is 1.17. The van der Waals surface area contributed by atoms with Gasteiger partial charge in [-0.2, -0.15) is 0 Å². The fourth-order valence-corrected chi connectivity index (χ4v) is 3.24.